The summed E-state index contributed by atoms with van der Waals surface area (Å²) < 4.78 is 28.5. The van der Waals surface area contributed by atoms with Crippen molar-refractivity contribution in [2.75, 3.05) is 9.80 Å². The molecule has 0 spiro atoms. The maximum absolute atomic E-state index is 14.3. The van der Waals surface area contributed by atoms with Gasteiger partial charge in [0.15, 0.2) is 0 Å². The molecule has 0 saturated heterocycles. The smallest absolute Gasteiger partial charge is 0.123 e. The van der Waals surface area contributed by atoms with Gasteiger partial charge in [0.1, 0.15) is 11.6 Å². The van der Waals surface area contributed by atoms with Gasteiger partial charge in [-0.2, -0.15) is 0 Å². The maximum atomic E-state index is 14.3. The van der Waals surface area contributed by atoms with Crippen LogP contribution in [-0.4, -0.2) is 0 Å². The van der Waals surface area contributed by atoms with Crippen LogP contribution < -0.4 is 9.80 Å². The van der Waals surface area contributed by atoms with Crippen LogP contribution in [0.5, 0.6) is 0 Å². The van der Waals surface area contributed by atoms with Crippen molar-refractivity contribution >= 4 is 66.4 Å². The molecule has 1 aliphatic rings. The monoisotopic (exact) mass is 790 g/mol. The molecule has 10 aromatic carbocycles. The average Bonchev–Trinajstić information content (AvgIpc) is 3.53. The van der Waals surface area contributed by atoms with Crippen LogP contribution in [0.1, 0.15) is 25.0 Å². The molecule has 0 fully saturated rings. The van der Waals surface area contributed by atoms with Gasteiger partial charge in [-0.05, 0) is 169 Å². The summed E-state index contributed by atoms with van der Waals surface area (Å²) in [6.07, 6.45) is 0. The number of hydrogen-bond donors (Lipinski definition) is 0. The first-order valence-corrected chi connectivity index (χ1v) is 20.7. The van der Waals surface area contributed by atoms with E-state index in [1.165, 1.54) is 73.6 Å². The zero-order valence-electron chi connectivity index (χ0n) is 33.8. The molecule has 0 saturated carbocycles. The largest absolute Gasteiger partial charge is 0.310 e. The normalized spacial score (nSPS) is 12.7. The highest BCUT2D eigenvalue weighted by Crippen LogP contribution is 2.55. The van der Waals surface area contributed by atoms with E-state index in [-0.39, 0.29) is 17.0 Å². The second-order valence-corrected chi connectivity index (χ2v) is 16.5. The van der Waals surface area contributed by atoms with Crippen LogP contribution in [0.3, 0.4) is 0 Å². The SMILES string of the molecule is CC1(C)c2cc(N(c3ccc(F)cc3)c3ccc4ccccc4c3)ccc2-c2c1cc(-c1ccc(N(c3ccc(F)cc3)c3ccc4ccccc4c3)cc1)c1ccccc21. The van der Waals surface area contributed by atoms with Crippen molar-refractivity contribution in [1.82, 2.24) is 0 Å². The Labute approximate surface area is 354 Å². The summed E-state index contributed by atoms with van der Waals surface area (Å²) in [5.74, 6) is -0.530. The van der Waals surface area contributed by atoms with Crippen molar-refractivity contribution in [2.45, 2.75) is 19.3 Å². The third-order valence-corrected chi connectivity index (χ3v) is 12.5. The Hall–Kier alpha value is -7.56. The number of fused-ring (bicyclic) bond motifs is 7. The van der Waals surface area contributed by atoms with Crippen LogP contribution in [0.4, 0.5) is 42.9 Å². The zero-order valence-corrected chi connectivity index (χ0v) is 33.8. The van der Waals surface area contributed by atoms with Gasteiger partial charge in [-0.25, -0.2) is 8.78 Å². The van der Waals surface area contributed by atoms with Gasteiger partial charge in [-0.3, -0.25) is 0 Å². The number of halogens is 2. The van der Waals surface area contributed by atoms with Crippen molar-refractivity contribution in [1.29, 1.82) is 0 Å². The number of anilines is 6. The minimum atomic E-state index is -0.327. The Morgan fingerprint density at radius 1 is 0.344 bits per heavy atom. The third kappa shape index (κ3) is 6.22. The lowest BCUT2D eigenvalue weighted by molar-refractivity contribution is 0.627. The van der Waals surface area contributed by atoms with E-state index in [2.05, 4.69) is 181 Å². The first-order chi connectivity index (χ1) is 29.8. The molecule has 1 aliphatic carbocycles. The molecule has 0 unspecified atom stereocenters. The zero-order chi connectivity index (χ0) is 41.2. The average molecular weight is 791 g/mol. The van der Waals surface area contributed by atoms with Gasteiger partial charge in [0.2, 0.25) is 0 Å². The fraction of sp³-hybridized carbons (Fsp3) is 0.0526. The van der Waals surface area contributed by atoms with Crippen molar-refractivity contribution in [3.63, 3.8) is 0 Å². The van der Waals surface area contributed by atoms with Crippen molar-refractivity contribution < 1.29 is 8.78 Å². The van der Waals surface area contributed by atoms with Crippen molar-refractivity contribution in [3.05, 3.63) is 229 Å². The van der Waals surface area contributed by atoms with Crippen LogP contribution in [0.15, 0.2) is 206 Å². The van der Waals surface area contributed by atoms with Crippen molar-refractivity contribution in [3.8, 4) is 22.3 Å². The number of hydrogen-bond acceptors (Lipinski definition) is 2. The first kappa shape index (κ1) is 36.5. The fourth-order valence-electron chi connectivity index (χ4n) is 9.45. The van der Waals surface area contributed by atoms with Crippen LogP contribution in [0.2, 0.25) is 0 Å². The standard InChI is InChI=1S/C57H40F2N2/c1-57(2)54-35-49(61(46-29-21-43(59)22-30-46)48-26-16-38-10-4-6-12-41(38)34-48)31-32-52(54)56-51-14-8-7-13-50(51)53(36-55(56)57)39-17-23-44(24-18-39)60(45-27-19-42(58)20-28-45)47-25-15-37-9-3-5-11-40(37)33-47/h3-36H,1-2H3. The molecular formula is C57H40F2N2. The van der Waals surface area contributed by atoms with Crippen LogP contribution in [-0.2, 0) is 5.41 Å². The van der Waals surface area contributed by atoms with Crippen LogP contribution in [0.25, 0.3) is 54.6 Å². The third-order valence-electron chi connectivity index (χ3n) is 12.5. The molecule has 2 nitrogen and oxygen atoms in total. The Morgan fingerprint density at radius 2 is 0.770 bits per heavy atom. The molecule has 0 aliphatic heterocycles. The fourth-order valence-corrected chi connectivity index (χ4v) is 9.45. The van der Waals surface area contributed by atoms with Gasteiger partial charge >= 0.3 is 0 Å². The lowest BCUT2D eigenvalue weighted by atomic mass is 9.80. The Morgan fingerprint density at radius 3 is 1.33 bits per heavy atom. The quantitative estimate of drug-likeness (QED) is 0.159. The summed E-state index contributed by atoms with van der Waals surface area (Å²) in [7, 11) is 0. The molecule has 4 heteroatoms. The number of nitrogens with zero attached hydrogens (tertiary/aromatic N) is 2. The highest BCUT2D eigenvalue weighted by Gasteiger charge is 2.38. The molecule has 0 N–H and O–H groups in total. The van der Waals surface area contributed by atoms with Crippen LogP contribution >= 0.6 is 0 Å². The van der Waals surface area contributed by atoms with E-state index in [0.717, 1.165) is 50.5 Å². The number of benzene rings is 10. The molecule has 0 heterocycles. The summed E-state index contributed by atoms with van der Waals surface area (Å²) >= 11 is 0. The molecule has 0 radical (unpaired) electrons. The molecule has 10 aromatic rings. The van der Waals surface area contributed by atoms with E-state index in [1.807, 2.05) is 24.3 Å². The molecule has 0 atom stereocenters. The maximum Gasteiger partial charge on any atom is 0.123 e. The minimum Gasteiger partial charge on any atom is -0.310 e. The molecule has 0 aromatic heterocycles. The first-order valence-electron chi connectivity index (χ1n) is 20.7. The topological polar surface area (TPSA) is 6.48 Å². The Balaban J connectivity index is 1.02. The van der Waals surface area contributed by atoms with Gasteiger partial charge in [0, 0.05) is 39.5 Å². The van der Waals surface area contributed by atoms with E-state index in [0.29, 0.717) is 0 Å². The molecule has 0 amide bonds. The van der Waals surface area contributed by atoms with E-state index >= 15 is 0 Å². The summed E-state index contributed by atoms with van der Waals surface area (Å²) in [5, 5.41) is 7.03. The summed E-state index contributed by atoms with van der Waals surface area (Å²) in [6, 6.07) is 69.8. The Bertz CT molecular complexity index is 3300. The predicted molar refractivity (Wildman–Crippen MR) is 251 cm³/mol. The molecule has 61 heavy (non-hydrogen) atoms. The second-order valence-electron chi connectivity index (χ2n) is 16.5. The lowest BCUT2D eigenvalue weighted by Gasteiger charge is -2.28. The second kappa shape index (κ2) is 14.3. The van der Waals surface area contributed by atoms with Crippen molar-refractivity contribution in [2.24, 2.45) is 0 Å². The molecular weight excluding hydrogens is 751 g/mol. The van der Waals surface area contributed by atoms with E-state index in [4.69, 9.17) is 0 Å². The van der Waals surface area contributed by atoms with Gasteiger partial charge in [0.05, 0.1) is 0 Å². The van der Waals surface area contributed by atoms with E-state index < -0.39 is 0 Å². The number of rotatable bonds is 7. The minimum absolute atomic E-state index is 0.264. The predicted octanol–water partition coefficient (Wildman–Crippen LogP) is 16.3. The Kier molecular flexibility index (Phi) is 8.57. The summed E-state index contributed by atoms with van der Waals surface area (Å²) in [4.78, 5) is 4.41. The van der Waals surface area contributed by atoms with Gasteiger partial charge in [-0.15, -0.1) is 0 Å². The summed E-state index contributed by atoms with van der Waals surface area (Å²) in [5.41, 5.74) is 12.7. The molecule has 11 rings (SSSR count). The van der Waals surface area contributed by atoms with Crippen LogP contribution in [0, 0.1) is 11.6 Å². The lowest BCUT2D eigenvalue weighted by Crippen LogP contribution is -2.17. The van der Waals surface area contributed by atoms with E-state index in [9.17, 15) is 8.78 Å². The highest BCUT2D eigenvalue weighted by atomic mass is 19.1. The van der Waals surface area contributed by atoms with E-state index in [1.54, 1.807) is 0 Å². The van der Waals surface area contributed by atoms with Gasteiger partial charge in [0.25, 0.3) is 0 Å². The summed E-state index contributed by atoms with van der Waals surface area (Å²) in [6.45, 7) is 4.65. The molecule has 292 valence electrons. The van der Waals surface area contributed by atoms with Gasteiger partial charge in [-0.1, -0.05) is 117 Å². The molecule has 0 bridgehead atoms. The van der Waals surface area contributed by atoms with Gasteiger partial charge < -0.3 is 9.80 Å². The highest BCUT2D eigenvalue weighted by molar-refractivity contribution is 6.09.